The van der Waals surface area contributed by atoms with E-state index in [1.165, 1.54) is 18.2 Å². The highest BCUT2D eigenvalue weighted by atomic mass is 79.9. The molecule has 2 rings (SSSR count). The van der Waals surface area contributed by atoms with E-state index in [1.54, 1.807) is 0 Å². The van der Waals surface area contributed by atoms with E-state index < -0.39 is 11.6 Å². The highest BCUT2D eigenvalue weighted by molar-refractivity contribution is 9.10. The van der Waals surface area contributed by atoms with Gasteiger partial charge >= 0.3 is 0 Å². The smallest absolute Gasteiger partial charge is 0.156 e. The van der Waals surface area contributed by atoms with Gasteiger partial charge in [-0.15, -0.1) is 0 Å². The molecule has 4 heteroatoms. The molecule has 0 heterocycles. The van der Waals surface area contributed by atoms with E-state index in [-0.39, 0.29) is 27.7 Å². The maximum absolute atomic E-state index is 13.9. The second-order valence-electron chi connectivity index (χ2n) is 5.79. The predicted octanol–water partition coefficient (Wildman–Crippen LogP) is 4.59. The summed E-state index contributed by atoms with van der Waals surface area (Å²) in [5.74, 6) is -1.13. The molecule has 0 aliphatic heterocycles. The topological polar surface area (TPSA) is 17.1 Å². The Morgan fingerprint density at radius 1 is 1.26 bits per heavy atom. The van der Waals surface area contributed by atoms with Gasteiger partial charge in [0.05, 0.1) is 4.47 Å². The molecule has 0 spiro atoms. The molecule has 0 amide bonds. The van der Waals surface area contributed by atoms with Crippen molar-refractivity contribution in [2.24, 2.45) is 5.41 Å². The average molecular weight is 329 g/mol. The van der Waals surface area contributed by atoms with E-state index in [0.29, 0.717) is 12.8 Å². The molecule has 102 valence electrons. The van der Waals surface area contributed by atoms with Gasteiger partial charge in [0.1, 0.15) is 11.6 Å². The summed E-state index contributed by atoms with van der Waals surface area (Å²) < 4.78 is 27.9. The Labute approximate surface area is 119 Å². The molecule has 1 aliphatic carbocycles. The van der Waals surface area contributed by atoms with Crippen LogP contribution in [0.2, 0.25) is 0 Å². The standard InChI is InChI=1S/C15H15BrF2O/c1-15(2)7-9(5-10(19)8-15)6-11-13(17)4-3-12(16)14(11)18/h3-5H,6-8H2,1-2H3. The normalized spacial score (nSPS) is 18.4. The quantitative estimate of drug-likeness (QED) is 0.726. The van der Waals surface area contributed by atoms with Crippen molar-refractivity contribution in [3.05, 3.63) is 45.5 Å². The Bertz CT molecular complexity index is 562. The average Bonchev–Trinajstić information content (AvgIpc) is 2.27. The van der Waals surface area contributed by atoms with E-state index in [1.807, 2.05) is 13.8 Å². The van der Waals surface area contributed by atoms with Crippen molar-refractivity contribution in [3.8, 4) is 0 Å². The summed E-state index contributed by atoms with van der Waals surface area (Å²) in [6.45, 7) is 3.98. The molecule has 0 atom stereocenters. The number of carbonyl (C=O) groups is 1. The Morgan fingerprint density at radius 3 is 2.58 bits per heavy atom. The van der Waals surface area contributed by atoms with Gasteiger partial charge in [0, 0.05) is 12.0 Å². The van der Waals surface area contributed by atoms with Gasteiger partial charge in [-0.2, -0.15) is 0 Å². The third-order valence-corrected chi connectivity index (χ3v) is 3.88. The first-order valence-corrected chi connectivity index (χ1v) is 6.92. The number of allylic oxidation sites excluding steroid dienone is 2. The fraction of sp³-hybridized carbons (Fsp3) is 0.400. The minimum absolute atomic E-state index is 0.0196. The van der Waals surface area contributed by atoms with Crippen LogP contribution < -0.4 is 0 Å². The van der Waals surface area contributed by atoms with Crippen LogP contribution >= 0.6 is 15.9 Å². The molecule has 0 unspecified atom stereocenters. The second kappa shape index (κ2) is 5.16. The SMILES string of the molecule is CC1(C)CC(=O)C=C(Cc2c(F)ccc(Br)c2F)C1. The zero-order valence-electron chi connectivity index (χ0n) is 10.9. The van der Waals surface area contributed by atoms with Crippen LogP contribution in [-0.2, 0) is 11.2 Å². The molecule has 1 nitrogen and oxygen atoms in total. The highest BCUT2D eigenvalue weighted by Crippen LogP contribution is 2.36. The number of halogens is 3. The van der Waals surface area contributed by atoms with Crippen LogP contribution in [0.1, 0.15) is 32.3 Å². The van der Waals surface area contributed by atoms with Gasteiger partial charge < -0.3 is 0 Å². The van der Waals surface area contributed by atoms with Gasteiger partial charge in [0.15, 0.2) is 5.78 Å². The third-order valence-electron chi connectivity index (χ3n) is 3.27. The Balaban J connectivity index is 2.32. The van der Waals surface area contributed by atoms with Gasteiger partial charge in [-0.05, 0) is 52.4 Å². The van der Waals surface area contributed by atoms with Gasteiger partial charge in [-0.3, -0.25) is 4.79 Å². The fourth-order valence-electron chi connectivity index (χ4n) is 2.55. The number of ketones is 1. The van der Waals surface area contributed by atoms with Gasteiger partial charge in [0.2, 0.25) is 0 Å². The molecule has 1 aromatic carbocycles. The van der Waals surface area contributed by atoms with Crippen molar-refractivity contribution in [2.45, 2.75) is 33.1 Å². The number of carbonyl (C=O) groups excluding carboxylic acids is 1. The monoisotopic (exact) mass is 328 g/mol. The van der Waals surface area contributed by atoms with Crippen LogP contribution in [0, 0.1) is 17.0 Å². The molecule has 0 aromatic heterocycles. The van der Waals surface area contributed by atoms with Crippen LogP contribution in [0.5, 0.6) is 0 Å². The molecule has 0 saturated heterocycles. The maximum Gasteiger partial charge on any atom is 0.156 e. The van der Waals surface area contributed by atoms with Crippen LogP contribution in [0.15, 0.2) is 28.3 Å². The molecule has 0 fully saturated rings. The minimum Gasteiger partial charge on any atom is -0.295 e. The van der Waals surface area contributed by atoms with Crippen LogP contribution in [0.25, 0.3) is 0 Å². The predicted molar refractivity (Wildman–Crippen MR) is 73.9 cm³/mol. The third kappa shape index (κ3) is 3.30. The number of hydrogen-bond acceptors (Lipinski definition) is 1. The molecule has 0 bridgehead atoms. The Morgan fingerprint density at radius 2 is 1.95 bits per heavy atom. The Kier molecular flexibility index (Phi) is 3.90. The number of hydrogen-bond donors (Lipinski definition) is 0. The summed E-state index contributed by atoms with van der Waals surface area (Å²) in [5.41, 5.74) is 0.670. The molecular weight excluding hydrogens is 314 g/mol. The number of rotatable bonds is 2. The van der Waals surface area contributed by atoms with Crippen molar-refractivity contribution in [1.82, 2.24) is 0 Å². The van der Waals surface area contributed by atoms with Crippen molar-refractivity contribution >= 4 is 21.7 Å². The van der Waals surface area contributed by atoms with Gasteiger partial charge in [-0.25, -0.2) is 8.78 Å². The summed E-state index contributed by atoms with van der Waals surface area (Å²) in [7, 11) is 0. The van der Waals surface area contributed by atoms with E-state index in [2.05, 4.69) is 15.9 Å². The highest BCUT2D eigenvalue weighted by Gasteiger charge is 2.28. The lowest BCUT2D eigenvalue weighted by Crippen LogP contribution is -2.22. The summed E-state index contributed by atoms with van der Waals surface area (Å²) in [4.78, 5) is 11.6. The minimum atomic E-state index is -0.586. The molecule has 19 heavy (non-hydrogen) atoms. The molecule has 1 aromatic rings. The van der Waals surface area contributed by atoms with Crippen LogP contribution in [0.3, 0.4) is 0 Å². The lowest BCUT2D eigenvalue weighted by atomic mass is 9.75. The van der Waals surface area contributed by atoms with E-state index in [0.717, 1.165) is 5.57 Å². The largest absolute Gasteiger partial charge is 0.295 e. The van der Waals surface area contributed by atoms with Crippen molar-refractivity contribution < 1.29 is 13.6 Å². The first kappa shape index (κ1) is 14.4. The molecule has 0 N–H and O–H groups in total. The zero-order chi connectivity index (χ0) is 14.2. The van der Waals surface area contributed by atoms with E-state index >= 15 is 0 Å². The summed E-state index contributed by atoms with van der Waals surface area (Å²) in [6.07, 6.45) is 2.85. The lowest BCUT2D eigenvalue weighted by molar-refractivity contribution is -0.117. The first-order chi connectivity index (χ1) is 8.78. The van der Waals surface area contributed by atoms with Crippen molar-refractivity contribution in [2.75, 3.05) is 0 Å². The Hall–Kier alpha value is -1.03. The molecule has 1 aliphatic rings. The van der Waals surface area contributed by atoms with E-state index in [9.17, 15) is 13.6 Å². The maximum atomic E-state index is 13.9. The van der Waals surface area contributed by atoms with Crippen LogP contribution in [-0.4, -0.2) is 5.78 Å². The summed E-state index contributed by atoms with van der Waals surface area (Å²) >= 11 is 3.05. The van der Waals surface area contributed by atoms with Gasteiger partial charge in [-0.1, -0.05) is 19.4 Å². The molecule has 0 saturated carbocycles. The second-order valence-corrected chi connectivity index (χ2v) is 6.64. The lowest BCUT2D eigenvalue weighted by Gasteiger charge is -2.29. The molecule has 0 radical (unpaired) electrons. The van der Waals surface area contributed by atoms with Gasteiger partial charge in [0.25, 0.3) is 0 Å². The van der Waals surface area contributed by atoms with Crippen molar-refractivity contribution in [3.63, 3.8) is 0 Å². The fourth-order valence-corrected chi connectivity index (χ4v) is 2.92. The first-order valence-electron chi connectivity index (χ1n) is 6.13. The summed E-state index contributed by atoms with van der Waals surface area (Å²) in [5, 5.41) is 0. The molecular formula is C15H15BrF2O. The number of benzene rings is 1. The van der Waals surface area contributed by atoms with E-state index in [4.69, 9.17) is 0 Å². The van der Waals surface area contributed by atoms with Crippen LogP contribution in [0.4, 0.5) is 8.78 Å². The van der Waals surface area contributed by atoms with Crippen molar-refractivity contribution in [1.29, 1.82) is 0 Å². The summed E-state index contributed by atoms with van der Waals surface area (Å²) in [6, 6.07) is 2.58. The zero-order valence-corrected chi connectivity index (χ0v) is 12.5.